The summed E-state index contributed by atoms with van der Waals surface area (Å²) >= 11 is 0. The Bertz CT molecular complexity index is 2040. The van der Waals surface area contributed by atoms with Crippen molar-refractivity contribution in [3.05, 3.63) is 135 Å². The molecular formula is C34H28N4O8. The zero-order valence-corrected chi connectivity index (χ0v) is 24.5. The lowest BCUT2D eigenvalue weighted by Crippen LogP contribution is -2.26. The lowest BCUT2D eigenvalue weighted by atomic mass is 9.89. The zero-order chi connectivity index (χ0) is 32.8. The highest BCUT2D eigenvalue weighted by Gasteiger charge is 2.24. The van der Waals surface area contributed by atoms with Gasteiger partial charge >= 0.3 is 11.9 Å². The summed E-state index contributed by atoms with van der Waals surface area (Å²) < 4.78 is 7.61. The van der Waals surface area contributed by atoms with Crippen molar-refractivity contribution >= 4 is 23.5 Å². The van der Waals surface area contributed by atoms with Crippen LogP contribution in [0.3, 0.4) is 0 Å². The number of carboxylic acids is 2. The maximum atomic E-state index is 13.7. The average molecular weight is 621 g/mol. The maximum Gasteiger partial charge on any atom is 0.323 e. The Labute approximate surface area is 261 Å². The molecule has 1 unspecified atom stereocenters. The molecule has 3 heterocycles. The number of carbonyl (C=O) groups excluding carboxylic acids is 1. The highest BCUT2D eigenvalue weighted by atomic mass is 16.5. The molecule has 0 aliphatic carbocycles. The van der Waals surface area contributed by atoms with Gasteiger partial charge in [0.25, 0.3) is 11.1 Å². The number of carbonyl (C=O) groups is 3. The van der Waals surface area contributed by atoms with E-state index in [1.54, 1.807) is 24.4 Å². The van der Waals surface area contributed by atoms with E-state index in [1.807, 2.05) is 48.5 Å². The Hall–Kier alpha value is -6.30. The van der Waals surface area contributed by atoms with Crippen LogP contribution in [0.15, 0.2) is 113 Å². The fraction of sp³-hybridized carbons (Fsp3) is 0.118. The fourth-order valence-corrected chi connectivity index (χ4v) is 5.04. The highest BCUT2D eigenvalue weighted by Crippen LogP contribution is 2.34. The number of pyridine rings is 3. The fourth-order valence-electron chi connectivity index (χ4n) is 5.04. The van der Waals surface area contributed by atoms with Crippen LogP contribution in [0.5, 0.6) is 5.88 Å². The van der Waals surface area contributed by atoms with Crippen LogP contribution in [0.1, 0.15) is 17.0 Å². The van der Waals surface area contributed by atoms with E-state index in [1.165, 1.54) is 37.7 Å². The predicted octanol–water partition coefficient (Wildman–Crippen LogP) is 3.69. The molecule has 0 aliphatic rings. The molecule has 0 aliphatic heterocycles. The molecule has 1 amide bonds. The smallest absolute Gasteiger partial charge is 0.323 e. The summed E-state index contributed by atoms with van der Waals surface area (Å²) in [4.78, 5) is 64.7. The van der Waals surface area contributed by atoms with Crippen LogP contribution in [-0.4, -0.2) is 49.3 Å². The van der Waals surface area contributed by atoms with Crippen molar-refractivity contribution < 1.29 is 29.3 Å². The Morgan fingerprint density at radius 3 is 1.98 bits per heavy atom. The summed E-state index contributed by atoms with van der Waals surface area (Å²) in [5.41, 5.74) is 3.26. The molecule has 3 N–H and O–H groups in total. The molecule has 0 spiro atoms. The molecule has 0 saturated carbocycles. The SMILES string of the molecule is COc1ncc(-c2ccc(=O)n(CC(=O)O)c2)cc1-c1ccc(C(C(=O)Nc2ccc(=O)n(CC(=O)O)c2)c2ccccc2)cc1. The number of aliphatic carboxylic acids is 2. The standard InChI is InChI=1S/C34H28N4O8/c1-46-34-27(15-25(16-35-34)24-11-13-28(39)37(17-24)19-30(41)42)21-7-9-23(10-8-21)32(22-5-3-2-4-6-22)33(45)36-26-12-14-29(40)38(18-26)20-31(43)44/h2-18,32H,19-20H2,1H3,(H,36,45)(H,41,42)(H,43,44). The quantitative estimate of drug-likeness (QED) is 0.199. The second kappa shape index (κ2) is 13.6. The lowest BCUT2D eigenvalue weighted by molar-refractivity contribution is -0.138. The Morgan fingerprint density at radius 1 is 0.761 bits per heavy atom. The summed E-state index contributed by atoms with van der Waals surface area (Å²) in [6.45, 7) is -1.02. The average Bonchev–Trinajstić information content (AvgIpc) is 3.04. The first-order valence-electron chi connectivity index (χ1n) is 14.0. The Morgan fingerprint density at radius 2 is 1.35 bits per heavy atom. The van der Waals surface area contributed by atoms with E-state index in [0.717, 1.165) is 14.7 Å². The van der Waals surface area contributed by atoms with Gasteiger partial charge in [-0.25, -0.2) is 4.98 Å². The third-order valence-electron chi connectivity index (χ3n) is 7.17. The number of rotatable bonds is 11. The minimum Gasteiger partial charge on any atom is -0.481 e. The molecule has 3 aromatic heterocycles. The van der Waals surface area contributed by atoms with Crippen LogP contribution in [-0.2, 0) is 27.5 Å². The zero-order valence-electron chi connectivity index (χ0n) is 24.5. The van der Waals surface area contributed by atoms with Crippen LogP contribution in [0.25, 0.3) is 22.3 Å². The van der Waals surface area contributed by atoms with E-state index >= 15 is 0 Å². The van der Waals surface area contributed by atoms with Crippen molar-refractivity contribution in [1.82, 2.24) is 14.1 Å². The minimum atomic E-state index is -1.19. The van der Waals surface area contributed by atoms with Crippen molar-refractivity contribution in [2.45, 2.75) is 19.0 Å². The van der Waals surface area contributed by atoms with E-state index < -0.39 is 48.0 Å². The van der Waals surface area contributed by atoms with Gasteiger partial charge in [-0.15, -0.1) is 0 Å². The normalized spacial score (nSPS) is 11.4. The molecule has 12 nitrogen and oxygen atoms in total. The highest BCUT2D eigenvalue weighted by molar-refractivity contribution is 5.98. The largest absolute Gasteiger partial charge is 0.481 e. The number of methoxy groups -OCH3 is 1. The summed E-state index contributed by atoms with van der Waals surface area (Å²) in [5.74, 6) is -3.14. The van der Waals surface area contributed by atoms with Crippen molar-refractivity contribution in [2.75, 3.05) is 12.4 Å². The number of hydrogen-bond acceptors (Lipinski definition) is 7. The van der Waals surface area contributed by atoms with Crippen molar-refractivity contribution in [2.24, 2.45) is 0 Å². The number of anilines is 1. The molecule has 12 heteroatoms. The summed E-state index contributed by atoms with van der Waals surface area (Å²) in [6.07, 6.45) is 4.32. The molecule has 2 aromatic carbocycles. The number of carboxylic acid groups (broad SMARTS) is 2. The van der Waals surface area contributed by atoms with Gasteiger partial charge in [0.15, 0.2) is 0 Å². The predicted molar refractivity (Wildman–Crippen MR) is 169 cm³/mol. The van der Waals surface area contributed by atoms with Crippen LogP contribution >= 0.6 is 0 Å². The van der Waals surface area contributed by atoms with E-state index in [0.29, 0.717) is 33.7 Å². The van der Waals surface area contributed by atoms with Gasteiger partial charge in [0, 0.05) is 41.9 Å². The van der Waals surface area contributed by atoms with E-state index in [9.17, 15) is 24.0 Å². The Balaban J connectivity index is 1.48. The molecular weight excluding hydrogens is 592 g/mol. The molecule has 0 bridgehead atoms. The molecule has 0 saturated heterocycles. The number of hydrogen-bond donors (Lipinski definition) is 3. The van der Waals surface area contributed by atoms with Crippen LogP contribution in [0.4, 0.5) is 5.69 Å². The second-order valence-corrected chi connectivity index (χ2v) is 10.3. The molecule has 1 atom stereocenters. The van der Waals surface area contributed by atoms with Gasteiger partial charge in [-0.3, -0.25) is 24.0 Å². The first kappa shape index (κ1) is 31.1. The summed E-state index contributed by atoms with van der Waals surface area (Å²) in [6, 6.07) is 23.7. The summed E-state index contributed by atoms with van der Waals surface area (Å²) in [7, 11) is 1.49. The first-order valence-corrected chi connectivity index (χ1v) is 14.0. The molecule has 46 heavy (non-hydrogen) atoms. The third-order valence-corrected chi connectivity index (χ3v) is 7.17. The number of amides is 1. The van der Waals surface area contributed by atoms with Gasteiger partial charge in [0.1, 0.15) is 13.1 Å². The minimum absolute atomic E-state index is 0.269. The van der Waals surface area contributed by atoms with Gasteiger partial charge in [0.2, 0.25) is 11.8 Å². The first-order chi connectivity index (χ1) is 22.1. The number of nitrogens with zero attached hydrogens (tertiary/aromatic N) is 3. The Kier molecular flexibility index (Phi) is 9.18. The maximum absolute atomic E-state index is 13.7. The van der Waals surface area contributed by atoms with Crippen molar-refractivity contribution in [3.63, 3.8) is 0 Å². The molecule has 5 rings (SSSR count). The van der Waals surface area contributed by atoms with Crippen LogP contribution in [0, 0.1) is 0 Å². The van der Waals surface area contributed by atoms with Gasteiger partial charge in [-0.05, 0) is 40.5 Å². The monoisotopic (exact) mass is 620 g/mol. The molecule has 232 valence electrons. The number of benzene rings is 2. The van der Waals surface area contributed by atoms with Gasteiger partial charge in [-0.2, -0.15) is 0 Å². The number of aromatic nitrogens is 3. The van der Waals surface area contributed by atoms with Crippen LogP contribution < -0.4 is 21.2 Å². The summed E-state index contributed by atoms with van der Waals surface area (Å²) in [5, 5.41) is 21.1. The molecule has 5 aromatic rings. The van der Waals surface area contributed by atoms with E-state index in [2.05, 4.69) is 10.3 Å². The van der Waals surface area contributed by atoms with Crippen LogP contribution in [0.2, 0.25) is 0 Å². The second-order valence-electron chi connectivity index (χ2n) is 10.3. The third kappa shape index (κ3) is 7.08. The lowest BCUT2D eigenvalue weighted by Gasteiger charge is -2.19. The van der Waals surface area contributed by atoms with Crippen molar-refractivity contribution in [1.29, 1.82) is 0 Å². The van der Waals surface area contributed by atoms with Gasteiger partial charge < -0.3 is 29.4 Å². The number of ether oxygens (including phenoxy) is 1. The van der Waals surface area contributed by atoms with E-state index in [4.69, 9.17) is 14.9 Å². The number of nitrogens with one attached hydrogen (secondary N) is 1. The molecule has 0 fully saturated rings. The van der Waals surface area contributed by atoms with Crippen molar-refractivity contribution in [3.8, 4) is 28.1 Å². The topological polar surface area (TPSA) is 170 Å². The van der Waals surface area contributed by atoms with Gasteiger partial charge in [0.05, 0.1) is 18.7 Å². The van der Waals surface area contributed by atoms with E-state index in [-0.39, 0.29) is 5.69 Å². The molecule has 0 radical (unpaired) electrons. The van der Waals surface area contributed by atoms with Gasteiger partial charge in [-0.1, -0.05) is 54.6 Å².